The Morgan fingerprint density at radius 2 is 1.76 bits per heavy atom. The van der Waals surface area contributed by atoms with Gasteiger partial charge in [0.1, 0.15) is 12.1 Å². The molecule has 8 nitrogen and oxygen atoms in total. The van der Waals surface area contributed by atoms with E-state index < -0.39 is 5.60 Å². The van der Waals surface area contributed by atoms with Gasteiger partial charge in [0.25, 0.3) is 11.5 Å². The zero-order chi connectivity index (χ0) is 23.9. The smallest absolute Gasteiger partial charge is 0.279 e. The van der Waals surface area contributed by atoms with Gasteiger partial charge in [-0.2, -0.15) is 5.10 Å². The number of benzene rings is 2. The quantitative estimate of drug-likeness (QED) is 0.505. The van der Waals surface area contributed by atoms with Gasteiger partial charge in [-0.25, -0.2) is 13.9 Å². The molecule has 0 unspecified atom stereocenters. The number of halogens is 1. The standard InChI is InChI=1S/C25H24FN5O3/c1-17-2-4-19(5-3-17)23(32)29-12-10-25(34,11-13-29)15-30-16-28-31-21(24(30)33)14-27-22(31)18-6-8-20(26)9-7-18/h2-9,14,16,34H,10-13,15H2,1H3. The third-order valence-electron chi connectivity index (χ3n) is 6.37. The van der Waals surface area contributed by atoms with Gasteiger partial charge in [0, 0.05) is 24.2 Å². The highest BCUT2D eigenvalue weighted by Crippen LogP contribution is 2.25. The predicted octanol–water partition coefficient (Wildman–Crippen LogP) is 2.67. The number of aryl methyl sites for hydroxylation is 1. The minimum atomic E-state index is -1.13. The van der Waals surface area contributed by atoms with Crippen LogP contribution in [0.4, 0.5) is 4.39 Å². The third-order valence-corrected chi connectivity index (χ3v) is 6.37. The second-order valence-electron chi connectivity index (χ2n) is 8.83. The van der Waals surface area contributed by atoms with Crippen LogP contribution in [0.1, 0.15) is 28.8 Å². The maximum absolute atomic E-state index is 13.2. The molecule has 0 atom stereocenters. The van der Waals surface area contributed by atoms with Gasteiger partial charge in [0.2, 0.25) is 0 Å². The van der Waals surface area contributed by atoms with Crippen LogP contribution in [-0.4, -0.2) is 53.8 Å². The molecule has 0 radical (unpaired) electrons. The summed E-state index contributed by atoms with van der Waals surface area (Å²) in [4.78, 5) is 31.8. The Kier molecular flexibility index (Phi) is 5.49. The Morgan fingerprint density at radius 1 is 1.09 bits per heavy atom. The van der Waals surface area contributed by atoms with E-state index in [1.807, 2.05) is 31.2 Å². The highest BCUT2D eigenvalue weighted by atomic mass is 19.1. The number of likely N-dealkylation sites (tertiary alicyclic amines) is 1. The number of rotatable bonds is 4. The number of carbonyl (C=O) groups is 1. The topological polar surface area (TPSA) is 92.7 Å². The summed E-state index contributed by atoms with van der Waals surface area (Å²) in [7, 11) is 0. The molecule has 1 N–H and O–H groups in total. The number of fused-ring (bicyclic) bond motifs is 1. The van der Waals surface area contributed by atoms with E-state index in [2.05, 4.69) is 10.1 Å². The molecule has 0 spiro atoms. The van der Waals surface area contributed by atoms with Crippen LogP contribution in [-0.2, 0) is 6.54 Å². The maximum Gasteiger partial charge on any atom is 0.279 e. The molecule has 0 aliphatic carbocycles. The van der Waals surface area contributed by atoms with E-state index in [9.17, 15) is 19.1 Å². The van der Waals surface area contributed by atoms with Crippen LogP contribution in [0.5, 0.6) is 0 Å². The Balaban J connectivity index is 1.32. The Morgan fingerprint density at radius 3 is 2.44 bits per heavy atom. The second kappa shape index (κ2) is 8.49. The van der Waals surface area contributed by atoms with E-state index in [1.165, 1.54) is 33.7 Å². The molecule has 34 heavy (non-hydrogen) atoms. The number of imidazole rings is 1. The molecule has 0 saturated carbocycles. The molecule has 1 saturated heterocycles. The fraction of sp³-hybridized carbons (Fsp3) is 0.280. The highest BCUT2D eigenvalue weighted by Gasteiger charge is 2.35. The summed E-state index contributed by atoms with van der Waals surface area (Å²) in [6.07, 6.45) is 3.51. The number of hydrogen-bond donors (Lipinski definition) is 1. The van der Waals surface area contributed by atoms with Crippen LogP contribution in [0.3, 0.4) is 0 Å². The average Bonchev–Trinajstić information content (AvgIpc) is 3.27. The van der Waals surface area contributed by atoms with E-state index in [-0.39, 0.29) is 29.3 Å². The van der Waals surface area contributed by atoms with Crippen molar-refractivity contribution in [3.05, 3.63) is 88.4 Å². The minimum absolute atomic E-state index is 0.0603. The van der Waals surface area contributed by atoms with Gasteiger partial charge >= 0.3 is 0 Å². The van der Waals surface area contributed by atoms with Gasteiger partial charge < -0.3 is 10.0 Å². The lowest BCUT2D eigenvalue weighted by Gasteiger charge is -2.38. The SMILES string of the molecule is Cc1ccc(C(=O)N2CCC(O)(Cn3cnn4c(-c5ccc(F)cc5)ncc4c3=O)CC2)cc1. The number of amides is 1. The fourth-order valence-electron chi connectivity index (χ4n) is 4.31. The largest absolute Gasteiger partial charge is 0.388 e. The first kappa shape index (κ1) is 22.0. The molecule has 4 aromatic rings. The van der Waals surface area contributed by atoms with Gasteiger partial charge in [-0.1, -0.05) is 17.7 Å². The van der Waals surface area contributed by atoms with Gasteiger partial charge in [-0.15, -0.1) is 0 Å². The maximum atomic E-state index is 13.2. The van der Waals surface area contributed by atoms with Crippen LogP contribution < -0.4 is 5.56 Å². The normalized spacial score (nSPS) is 15.6. The van der Waals surface area contributed by atoms with Crippen molar-refractivity contribution >= 4 is 11.4 Å². The summed E-state index contributed by atoms with van der Waals surface area (Å²) in [5, 5.41) is 15.5. The fourth-order valence-corrected chi connectivity index (χ4v) is 4.31. The van der Waals surface area contributed by atoms with Gasteiger partial charge in [0.15, 0.2) is 11.3 Å². The number of piperidine rings is 1. The van der Waals surface area contributed by atoms with E-state index in [0.717, 1.165) is 5.56 Å². The molecule has 1 fully saturated rings. The predicted molar refractivity (Wildman–Crippen MR) is 124 cm³/mol. The van der Waals surface area contributed by atoms with E-state index in [1.54, 1.807) is 17.0 Å². The Hall–Kier alpha value is -3.85. The first-order chi connectivity index (χ1) is 16.3. The summed E-state index contributed by atoms with van der Waals surface area (Å²) >= 11 is 0. The molecule has 174 valence electrons. The van der Waals surface area contributed by atoms with Crippen molar-refractivity contribution in [1.82, 2.24) is 24.1 Å². The first-order valence-electron chi connectivity index (χ1n) is 11.1. The van der Waals surface area contributed by atoms with E-state index in [4.69, 9.17) is 0 Å². The van der Waals surface area contributed by atoms with E-state index >= 15 is 0 Å². The Labute approximate surface area is 194 Å². The van der Waals surface area contributed by atoms with Crippen molar-refractivity contribution in [2.45, 2.75) is 31.9 Å². The van der Waals surface area contributed by atoms with Crippen LogP contribution >= 0.6 is 0 Å². The molecule has 0 bridgehead atoms. The van der Waals surface area contributed by atoms with Crippen molar-refractivity contribution in [2.75, 3.05) is 13.1 Å². The molecule has 1 aliphatic heterocycles. The van der Waals surface area contributed by atoms with E-state index in [0.29, 0.717) is 42.9 Å². The van der Waals surface area contributed by atoms with Crippen molar-refractivity contribution in [3.8, 4) is 11.4 Å². The number of hydrogen-bond acceptors (Lipinski definition) is 5. The number of carbonyl (C=O) groups excluding carboxylic acids is 1. The zero-order valence-corrected chi connectivity index (χ0v) is 18.7. The molecule has 3 heterocycles. The van der Waals surface area contributed by atoms with Crippen LogP contribution in [0.15, 0.2) is 65.8 Å². The highest BCUT2D eigenvalue weighted by molar-refractivity contribution is 5.94. The van der Waals surface area contributed by atoms with Crippen LogP contribution in [0, 0.1) is 12.7 Å². The lowest BCUT2D eigenvalue weighted by Crippen LogP contribution is -2.49. The minimum Gasteiger partial charge on any atom is -0.388 e. The van der Waals surface area contributed by atoms with Gasteiger partial charge in [-0.05, 0) is 56.2 Å². The summed E-state index contributed by atoms with van der Waals surface area (Å²) in [6.45, 7) is 2.83. The molecule has 2 aromatic heterocycles. The van der Waals surface area contributed by atoms with Gasteiger partial charge in [-0.3, -0.25) is 14.2 Å². The second-order valence-corrected chi connectivity index (χ2v) is 8.83. The summed E-state index contributed by atoms with van der Waals surface area (Å²) in [5.41, 5.74) is 1.14. The number of aromatic nitrogens is 4. The molecule has 9 heteroatoms. The van der Waals surface area contributed by atoms with Crippen molar-refractivity contribution in [1.29, 1.82) is 0 Å². The summed E-state index contributed by atoms with van der Waals surface area (Å²) in [6, 6.07) is 13.2. The number of nitrogens with zero attached hydrogens (tertiary/aromatic N) is 5. The van der Waals surface area contributed by atoms with Gasteiger partial charge in [0.05, 0.1) is 18.3 Å². The lowest BCUT2D eigenvalue weighted by atomic mass is 9.91. The monoisotopic (exact) mass is 461 g/mol. The van der Waals surface area contributed by atoms with Crippen LogP contribution in [0.2, 0.25) is 0 Å². The molecule has 2 aromatic carbocycles. The summed E-state index contributed by atoms with van der Waals surface area (Å²) < 4.78 is 16.0. The Bertz CT molecular complexity index is 1400. The van der Waals surface area contributed by atoms with Crippen molar-refractivity contribution in [3.63, 3.8) is 0 Å². The first-order valence-corrected chi connectivity index (χ1v) is 11.1. The molecular weight excluding hydrogens is 437 g/mol. The van der Waals surface area contributed by atoms with Crippen LogP contribution in [0.25, 0.3) is 16.9 Å². The lowest BCUT2D eigenvalue weighted by molar-refractivity contribution is -0.0300. The zero-order valence-electron chi connectivity index (χ0n) is 18.7. The number of aliphatic hydroxyl groups is 1. The molecular formula is C25H24FN5O3. The molecule has 1 amide bonds. The molecule has 1 aliphatic rings. The average molecular weight is 461 g/mol. The third kappa shape index (κ3) is 4.10. The van der Waals surface area contributed by atoms with Crippen molar-refractivity contribution in [2.24, 2.45) is 0 Å². The summed E-state index contributed by atoms with van der Waals surface area (Å²) in [5.74, 6) is 0.00978. The van der Waals surface area contributed by atoms with Crippen molar-refractivity contribution < 1.29 is 14.3 Å². The molecule has 5 rings (SSSR count).